The number of hydrogen-bond donors (Lipinski definition) is 0. The van der Waals surface area contributed by atoms with Gasteiger partial charge in [-0.1, -0.05) is 78.3 Å². The van der Waals surface area contributed by atoms with Crippen LogP contribution in [0.1, 0.15) is 12.0 Å². The van der Waals surface area contributed by atoms with Crippen molar-refractivity contribution < 1.29 is 4.39 Å². The second-order valence-electron chi connectivity index (χ2n) is 6.93. The minimum absolute atomic E-state index is 0.143. The SMILES string of the molecule is C=CCCc1ccc2cc(-c3ccc(-c4ccc(Cl)c(F)c4)cc3)ccc2c1. The van der Waals surface area contributed by atoms with Gasteiger partial charge < -0.3 is 0 Å². The van der Waals surface area contributed by atoms with E-state index in [4.69, 9.17) is 11.6 Å². The van der Waals surface area contributed by atoms with Crippen LogP contribution in [0.4, 0.5) is 4.39 Å². The Bertz CT molecular complexity index is 1140. The molecule has 0 nitrogen and oxygen atoms in total. The highest BCUT2D eigenvalue weighted by Gasteiger charge is 2.05. The summed E-state index contributed by atoms with van der Waals surface area (Å²) in [5, 5.41) is 2.62. The monoisotopic (exact) mass is 386 g/mol. The first-order valence-electron chi connectivity index (χ1n) is 9.33. The van der Waals surface area contributed by atoms with E-state index in [0.717, 1.165) is 29.5 Å². The molecule has 0 aliphatic rings. The molecule has 0 N–H and O–H groups in total. The van der Waals surface area contributed by atoms with E-state index in [2.05, 4.69) is 55.1 Å². The van der Waals surface area contributed by atoms with Crippen LogP contribution >= 0.6 is 11.6 Å². The molecule has 0 aliphatic heterocycles. The Morgan fingerprint density at radius 2 is 1.29 bits per heavy atom. The molecule has 0 aliphatic carbocycles. The van der Waals surface area contributed by atoms with Crippen LogP contribution in [0.5, 0.6) is 0 Å². The zero-order valence-corrected chi connectivity index (χ0v) is 16.2. The van der Waals surface area contributed by atoms with Crippen molar-refractivity contribution in [2.24, 2.45) is 0 Å². The Morgan fingerprint density at radius 3 is 1.96 bits per heavy atom. The molecule has 4 aromatic rings. The fourth-order valence-electron chi connectivity index (χ4n) is 3.43. The smallest absolute Gasteiger partial charge is 0.142 e. The lowest BCUT2D eigenvalue weighted by atomic mass is 9.97. The number of hydrogen-bond acceptors (Lipinski definition) is 0. The highest BCUT2D eigenvalue weighted by molar-refractivity contribution is 6.30. The van der Waals surface area contributed by atoms with E-state index in [1.54, 1.807) is 6.07 Å². The van der Waals surface area contributed by atoms with E-state index in [0.29, 0.717) is 0 Å². The largest absolute Gasteiger partial charge is 0.205 e. The summed E-state index contributed by atoms with van der Waals surface area (Å²) in [6.45, 7) is 3.79. The summed E-state index contributed by atoms with van der Waals surface area (Å²) in [4.78, 5) is 0. The second kappa shape index (κ2) is 8.00. The maximum Gasteiger partial charge on any atom is 0.142 e. The number of rotatable bonds is 5. The molecule has 0 saturated heterocycles. The summed E-state index contributed by atoms with van der Waals surface area (Å²) in [6.07, 6.45) is 3.97. The second-order valence-corrected chi connectivity index (χ2v) is 7.34. The quantitative estimate of drug-likeness (QED) is 0.304. The lowest BCUT2D eigenvalue weighted by Gasteiger charge is -2.08. The highest BCUT2D eigenvalue weighted by Crippen LogP contribution is 2.29. The van der Waals surface area contributed by atoms with Crippen LogP contribution in [0, 0.1) is 5.82 Å². The van der Waals surface area contributed by atoms with E-state index in [1.165, 1.54) is 28.0 Å². The number of benzene rings is 4. The van der Waals surface area contributed by atoms with Crippen molar-refractivity contribution >= 4 is 22.4 Å². The van der Waals surface area contributed by atoms with Gasteiger partial charge in [-0.15, -0.1) is 6.58 Å². The number of aryl methyl sites for hydroxylation is 1. The predicted molar refractivity (Wildman–Crippen MR) is 118 cm³/mol. The Hall–Kier alpha value is -2.90. The zero-order valence-electron chi connectivity index (χ0n) is 15.5. The van der Waals surface area contributed by atoms with Crippen molar-refractivity contribution in [1.29, 1.82) is 0 Å². The maximum absolute atomic E-state index is 13.7. The molecule has 0 amide bonds. The molecule has 4 aromatic carbocycles. The van der Waals surface area contributed by atoms with Crippen LogP contribution in [-0.4, -0.2) is 0 Å². The summed E-state index contributed by atoms with van der Waals surface area (Å²) in [7, 11) is 0. The van der Waals surface area contributed by atoms with Gasteiger partial charge in [-0.05, 0) is 69.6 Å². The maximum atomic E-state index is 13.7. The number of halogens is 2. The molecule has 138 valence electrons. The van der Waals surface area contributed by atoms with Gasteiger partial charge in [0.2, 0.25) is 0 Å². The summed E-state index contributed by atoms with van der Waals surface area (Å²) in [6, 6.07) is 26.2. The molecular formula is C26H20ClF. The molecule has 0 bridgehead atoms. The van der Waals surface area contributed by atoms with Crippen molar-refractivity contribution in [3.05, 3.63) is 108 Å². The minimum Gasteiger partial charge on any atom is -0.205 e. The Kier molecular flexibility index (Phi) is 5.27. The summed E-state index contributed by atoms with van der Waals surface area (Å²) in [5.41, 5.74) is 5.42. The third-order valence-electron chi connectivity index (χ3n) is 5.01. The van der Waals surface area contributed by atoms with Crippen LogP contribution in [0.3, 0.4) is 0 Å². The summed E-state index contributed by atoms with van der Waals surface area (Å²) in [5.74, 6) is -0.398. The molecule has 2 heteroatoms. The van der Waals surface area contributed by atoms with Gasteiger partial charge in [0.15, 0.2) is 0 Å². The van der Waals surface area contributed by atoms with Gasteiger partial charge in [-0.3, -0.25) is 0 Å². The first-order valence-corrected chi connectivity index (χ1v) is 9.71. The molecule has 0 unspecified atom stereocenters. The average Bonchev–Trinajstić information content (AvgIpc) is 2.74. The first kappa shape index (κ1) is 18.5. The van der Waals surface area contributed by atoms with Gasteiger partial charge in [0.1, 0.15) is 5.82 Å². The Balaban J connectivity index is 1.62. The van der Waals surface area contributed by atoms with E-state index in [-0.39, 0.29) is 5.02 Å². The molecule has 0 fully saturated rings. The van der Waals surface area contributed by atoms with Gasteiger partial charge in [0.25, 0.3) is 0 Å². The van der Waals surface area contributed by atoms with Crippen LogP contribution in [0.15, 0.2) is 91.5 Å². The van der Waals surface area contributed by atoms with Crippen molar-refractivity contribution in [2.45, 2.75) is 12.8 Å². The van der Waals surface area contributed by atoms with Crippen LogP contribution in [0.2, 0.25) is 5.02 Å². The molecular weight excluding hydrogens is 367 g/mol. The van der Waals surface area contributed by atoms with Gasteiger partial charge >= 0.3 is 0 Å². The topological polar surface area (TPSA) is 0 Å². The van der Waals surface area contributed by atoms with Gasteiger partial charge in [0, 0.05) is 0 Å². The Morgan fingerprint density at radius 1 is 0.714 bits per heavy atom. The van der Waals surface area contributed by atoms with Crippen molar-refractivity contribution in [1.82, 2.24) is 0 Å². The fourth-order valence-corrected chi connectivity index (χ4v) is 3.55. The molecule has 0 atom stereocenters. The standard InChI is InChI=1S/C26H20ClF/c1-2-3-4-18-5-6-23-16-22(12-11-21(23)15-18)19-7-9-20(10-8-19)24-13-14-25(27)26(28)17-24/h2,5-17H,1,3-4H2. The summed E-state index contributed by atoms with van der Waals surface area (Å²) >= 11 is 5.78. The highest BCUT2D eigenvalue weighted by atomic mass is 35.5. The normalized spacial score (nSPS) is 10.9. The molecule has 0 heterocycles. The predicted octanol–water partition coefficient (Wildman–Crippen LogP) is 8.08. The van der Waals surface area contributed by atoms with Gasteiger partial charge in [0.05, 0.1) is 5.02 Å². The molecule has 0 saturated carbocycles. The fraction of sp³-hybridized carbons (Fsp3) is 0.0769. The number of fused-ring (bicyclic) bond motifs is 1. The molecule has 4 rings (SSSR count). The van der Waals surface area contributed by atoms with Crippen molar-refractivity contribution in [3.63, 3.8) is 0 Å². The van der Waals surface area contributed by atoms with E-state index < -0.39 is 5.82 Å². The van der Waals surface area contributed by atoms with E-state index >= 15 is 0 Å². The van der Waals surface area contributed by atoms with Crippen LogP contribution in [-0.2, 0) is 6.42 Å². The van der Waals surface area contributed by atoms with Gasteiger partial charge in [-0.25, -0.2) is 4.39 Å². The third-order valence-corrected chi connectivity index (χ3v) is 5.32. The van der Waals surface area contributed by atoms with Crippen LogP contribution < -0.4 is 0 Å². The molecule has 28 heavy (non-hydrogen) atoms. The molecule has 0 radical (unpaired) electrons. The van der Waals surface area contributed by atoms with Crippen LogP contribution in [0.25, 0.3) is 33.0 Å². The van der Waals surface area contributed by atoms with Gasteiger partial charge in [-0.2, -0.15) is 0 Å². The average molecular weight is 387 g/mol. The summed E-state index contributed by atoms with van der Waals surface area (Å²) < 4.78 is 13.7. The lowest BCUT2D eigenvalue weighted by Crippen LogP contribution is -1.85. The lowest BCUT2D eigenvalue weighted by molar-refractivity contribution is 0.629. The zero-order chi connectivity index (χ0) is 19.5. The van der Waals surface area contributed by atoms with E-state index in [9.17, 15) is 4.39 Å². The molecule has 0 aromatic heterocycles. The first-order chi connectivity index (χ1) is 13.6. The number of allylic oxidation sites excluding steroid dienone is 1. The van der Waals surface area contributed by atoms with E-state index in [1.807, 2.05) is 24.3 Å². The minimum atomic E-state index is -0.398. The molecule has 0 spiro atoms. The van der Waals surface area contributed by atoms with Crippen molar-refractivity contribution in [3.8, 4) is 22.3 Å². The Labute approximate surface area is 169 Å². The third kappa shape index (κ3) is 3.85. The van der Waals surface area contributed by atoms with Crippen molar-refractivity contribution in [2.75, 3.05) is 0 Å².